The largest absolute Gasteiger partial charge is 0.456 e. The third-order valence-corrected chi connectivity index (χ3v) is 11.5. The Labute approximate surface area is 298 Å². The van der Waals surface area contributed by atoms with Crippen LogP contribution in [0.5, 0.6) is 0 Å². The molecule has 52 heavy (non-hydrogen) atoms. The van der Waals surface area contributed by atoms with Gasteiger partial charge in [-0.1, -0.05) is 111 Å². The van der Waals surface area contributed by atoms with Gasteiger partial charge in [-0.3, -0.25) is 4.57 Å². The highest BCUT2D eigenvalue weighted by Crippen LogP contribution is 2.48. The number of furan rings is 1. The van der Waals surface area contributed by atoms with Crippen LogP contribution in [0, 0.1) is 0 Å². The maximum atomic E-state index is 6.41. The Morgan fingerprint density at radius 2 is 1.19 bits per heavy atom. The van der Waals surface area contributed by atoms with E-state index in [9.17, 15) is 0 Å². The summed E-state index contributed by atoms with van der Waals surface area (Å²) in [4.78, 5) is 10.8. The molecule has 12 rings (SSSR count). The Balaban J connectivity index is 1.21. The number of hydrogen-bond acceptors (Lipinski definition) is 3. The number of hydrogen-bond donors (Lipinski definition) is 0. The molecule has 7 aromatic carbocycles. The summed E-state index contributed by atoms with van der Waals surface area (Å²) in [6.07, 6.45) is 0. The van der Waals surface area contributed by atoms with Crippen LogP contribution in [0.3, 0.4) is 0 Å². The van der Waals surface area contributed by atoms with Crippen LogP contribution < -0.4 is 0 Å². The molecule has 0 saturated carbocycles. The van der Waals surface area contributed by atoms with E-state index in [1.807, 2.05) is 12.1 Å². The quantitative estimate of drug-likeness (QED) is 0.184. The molecule has 5 nitrogen and oxygen atoms in total. The van der Waals surface area contributed by atoms with Crippen molar-refractivity contribution in [1.82, 2.24) is 19.1 Å². The first-order valence-corrected chi connectivity index (χ1v) is 17.8. The molecule has 0 atom stereocenters. The molecule has 0 fully saturated rings. The van der Waals surface area contributed by atoms with Crippen molar-refractivity contribution in [3.05, 3.63) is 157 Å². The smallest absolute Gasteiger partial charge is 0.235 e. The zero-order valence-electron chi connectivity index (χ0n) is 28.6. The van der Waals surface area contributed by atoms with E-state index in [0.717, 1.165) is 71.7 Å². The molecule has 0 radical (unpaired) electrons. The molecule has 0 amide bonds. The second kappa shape index (κ2) is 9.74. The Morgan fingerprint density at radius 3 is 2.08 bits per heavy atom. The number of benzene rings is 7. The Morgan fingerprint density at radius 1 is 0.500 bits per heavy atom. The Bertz CT molecular complexity index is 3340. The van der Waals surface area contributed by atoms with E-state index in [-0.39, 0.29) is 5.41 Å². The highest BCUT2D eigenvalue weighted by atomic mass is 16.3. The highest BCUT2D eigenvalue weighted by Gasteiger charge is 2.35. The van der Waals surface area contributed by atoms with Crippen LogP contribution in [0.2, 0.25) is 0 Å². The second-order valence-electron chi connectivity index (χ2n) is 14.6. The fraction of sp³-hybridized carbons (Fsp3) is 0.0638. The van der Waals surface area contributed by atoms with Gasteiger partial charge in [0.05, 0.1) is 33.3 Å². The monoisotopic (exact) mass is 666 g/mol. The molecule has 0 spiro atoms. The van der Waals surface area contributed by atoms with Crippen molar-refractivity contribution < 1.29 is 4.42 Å². The molecule has 1 aliphatic rings. The van der Waals surface area contributed by atoms with Crippen molar-refractivity contribution in [3.8, 4) is 22.9 Å². The predicted molar refractivity (Wildman–Crippen MR) is 213 cm³/mol. The summed E-state index contributed by atoms with van der Waals surface area (Å²) in [5.41, 5.74) is 12.8. The van der Waals surface area contributed by atoms with E-state index in [4.69, 9.17) is 14.4 Å². The summed E-state index contributed by atoms with van der Waals surface area (Å²) in [5.74, 6) is 0.672. The molecule has 0 saturated heterocycles. The van der Waals surface area contributed by atoms with E-state index in [0.29, 0.717) is 5.95 Å². The molecule has 4 aromatic heterocycles. The normalized spacial score (nSPS) is 13.7. The molecule has 0 N–H and O–H groups in total. The Kier molecular flexibility index (Phi) is 5.25. The molecular formula is C47H30N4O. The van der Waals surface area contributed by atoms with Gasteiger partial charge in [-0.15, -0.1) is 0 Å². The minimum atomic E-state index is -0.161. The summed E-state index contributed by atoms with van der Waals surface area (Å²) >= 11 is 0. The second-order valence-corrected chi connectivity index (χ2v) is 14.6. The average molecular weight is 667 g/mol. The summed E-state index contributed by atoms with van der Waals surface area (Å²) in [5, 5.41) is 8.12. The van der Waals surface area contributed by atoms with Gasteiger partial charge in [0.2, 0.25) is 5.95 Å². The first-order chi connectivity index (χ1) is 25.6. The van der Waals surface area contributed by atoms with Crippen molar-refractivity contribution >= 4 is 76.5 Å². The van der Waals surface area contributed by atoms with E-state index in [1.165, 1.54) is 32.8 Å². The molecular weight excluding hydrogens is 637 g/mol. The molecule has 0 unspecified atom stereocenters. The zero-order chi connectivity index (χ0) is 34.3. The van der Waals surface area contributed by atoms with Crippen LogP contribution in [0.15, 0.2) is 150 Å². The number of fused-ring (bicyclic) bond motifs is 12. The average Bonchev–Trinajstić information content (AvgIpc) is 3.84. The molecule has 5 heteroatoms. The first kappa shape index (κ1) is 28.0. The molecule has 11 aromatic rings. The predicted octanol–water partition coefficient (Wildman–Crippen LogP) is 12.0. The van der Waals surface area contributed by atoms with Gasteiger partial charge in [0, 0.05) is 60.4 Å². The summed E-state index contributed by atoms with van der Waals surface area (Å²) in [7, 11) is 0. The van der Waals surface area contributed by atoms with E-state index in [1.54, 1.807) is 0 Å². The van der Waals surface area contributed by atoms with Gasteiger partial charge in [-0.2, -0.15) is 0 Å². The van der Waals surface area contributed by atoms with Gasteiger partial charge in [-0.05, 0) is 53.6 Å². The fourth-order valence-corrected chi connectivity index (χ4v) is 9.21. The van der Waals surface area contributed by atoms with Crippen LogP contribution in [0.4, 0.5) is 0 Å². The minimum Gasteiger partial charge on any atom is -0.456 e. The van der Waals surface area contributed by atoms with Crippen molar-refractivity contribution in [2.24, 2.45) is 0 Å². The zero-order valence-corrected chi connectivity index (χ0v) is 28.6. The minimum absolute atomic E-state index is 0.161. The van der Waals surface area contributed by atoms with Crippen molar-refractivity contribution in [1.29, 1.82) is 0 Å². The van der Waals surface area contributed by atoms with Gasteiger partial charge < -0.3 is 8.98 Å². The van der Waals surface area contributed by atoms with Crippen LogP contribution in [-0.2, 0) is 5.41 Å². The Hall–Kier alpha value is -6.72. The van der Waals surface area contributed by atoms with Crippen LogP contribution in [0.1, 0.15) is 25.0 Å². The van der Waals surface area contributed by atoms with E-state index >= 15 is 0 Å². The number of rotatable bonds is 2. The molecule has 0 aliphatic heterocycles. The van der Waals surface area contributed by atoms with Gasteiger partial charge in [0.25, 0.3) is 0 Å². The van der Waals surface area contributed by atoms with E-state index in [2.05, 4.69) is 156 Å². The molecule has 244 valence electrons. The van der Waals surface area contributed by atoms with Gasteiger partial charge >= 0.3 is 0 Å². The number of nitrogens with zero attached hydrogens (tertiary/aromatic N) is 4. The summed E-state index contributed by atoms with van der Waals surface area (Å²) in [6, 6.07) is 52.0. The lowest BCUT2D eigenvalue weighted by Gasteiger charge is -2.34. The summed E-state index contributed by atoms with van der Waals surface area (Å²) in [6.45, 7) is 4.61. The molecule has 0 bridgehead atoms. The lowest BCUT2D eigenvalue weighted by Crippen LogP contribution is -2.24. The lowest BCUT2D eigenvalue weighted by molar-refractivity contribution is 0.643. The molecule has 4 heterocycles. The van der Waals surface area contributed by atoms with Gasteiger partial charge in [-0.25, -0.2) is 9.97 Å². The van der Waals surface area contributed by atoms with Crippen molar-refractivity contribution in [3.63, 3.8) is 0 Å². The van der Waals surface area contributed by atoms with Gasteiger partial charge in [0.15, 0.2) is 0 Å². The highest BCUT2D eigenvalue weighted by molar-refractivity contribution is 6.26. The number of para-hydroxylation sites is 3. The lowest BCUT2D eigenvalue weighted by atomic mass is 9.70. The maximum Gasteiger partial charge on any atom is 0.235 e. The third kappa shape index (κ3) is 3.47. The first-order valence-electron chi connectivity index (χ1n) is 17.8. The van der Waals surface area contributed by atoms with Crippen LogP contribution >= 0.6 is 0 Å². The van der Waals surface area contributed by atoms with Crippen molar-refractivity contribution in [2.75, 3.05) is 0 Å². The van der Waals surface area contributed by atoms with Gasteiger partial charge in [0.1, 0.15) is 11.2 Å². The van der Waals surface area contributed by atoms with E-state index < -0.39 is 0 Å². The standard InChI is InChI=1S/C47H30N4O/c1-47(2)34-16-7-3-14-32(34)44-43-35(47)17-11-18-36(43)48-46(49-44)51-38-20-9-5-15-33(38)42-39(51)25-24-31-28-12-4-8-19-37(28)50(45(31)42)27-22-23-30-29-13-6-10-21-40(29)52-41(30)26-27/h3-26H,1-2H3. The summed E-state index contributed by atoms with van der Waals surface area (Å²) < 4.78 is 11.1. The molecule has 1 aliphatic carbocycles. The van der Waals surface area contributed by atoms with Crippen LogP contribution in [-0.4, -0.2) is 19.1 Å². The van der Waals surface area contributed by atoms with Crippen LogP contribution in [0.25, 0.3) is 99.3 Å². The topological polar surface area (TPSA) is 48.8 Å². The SMILES string of the molecule is CC1(C)c2ccccc2-c2nc(-n3c4ccccc4c4c3ccc3c5ccccc5n(-c5ccc6c(c5)oc5ccccc56)c34)nc3cccc1c23. The fourth-order valence-electron chi connectivity index (χ4n) is 9.21. The maximum absolute atomic E-state index is 6.41. The number of aromatic nitrogens is 4. The third-order valence-electron chi connectivity index (χ3n) is 11.5. The van der Waals surface area contributed by atoms with Crippen molar-refractivity contribution in [2.45, 2.75) is 19.3 Å².